The molecule has 116 valence electrons. The summed E-state index contributed by atoms with van der Waals surface area (Å²) in [6, 6.07) is 11.9. The van der Waals surface area contributed by atoms with Crippen LogP contribution in [-0.4, -0.2) is 29.4 Å². The monoisotopic (exact) mass is 361 g/mol. The van der Waals surface area contributed by atoms with Gasteiger partial charge in [-0.2, -0.15) is 0 Å². The van der Waals surface area contributed by atoms with Gasteiger partial charge in [0.15, 0.2) is 0 Å². The van der Waals surface area contributed by atoms with Crippen molar-refractivity contribution in [3.05, 3.63) is 64.4 Å². The fraction of sp³-hybridized carbons (Fsp3) is 0.294. The number of nitrogens with one attached hydrogen (secondary N) is 1. The molecule has 0 aliphatic rings. The zero-order valence-electron chi connectivity index (χ0n) is 12.6. The zero-order valence-corrected chi connectivity index (χ0v) is 14.2. The molecule has 0 bridgehead atoms. The molecule has 0 aliphatic carbocycles. The lowest BCUT2D eigenvalue weighted by atomic mass is 10.2. The molecule has 0 saturated heterocycles. The third-order valence-corrected chi connectivity index (χ3v) is 4.16. The van der Waals surface area contributed by atoms with E-state index < -0.39 is 0 Å². The fourth-order valence-corrected chi connectivity index (χ4v) is 2.50. The highest BCUT2D eigenvalue weighted by Gasteiger charge is 2.10. The van der Waals surface area contributed by atoms with E-state index in [2.05, 4.69) is 26.2 Å². The highest BCUT2D eigenvalue weighted by molar-refractivity contribution is 9.10. The molecule has 0 radical (unpaired) electrons. The molecule has 0 fully saturated rings. The standard InChI is InChI=1S/C17H20BrN3O/c1-21(13-15-4-2-3-5-16(15)18)17(22)8-11-20-12-14-6-9-19-10-7-14/h2-7,9-10,20H,8,11-13H2,1H3. The molecule has 0 aliphatic heterocycles. The van der Waals surface area contributed by atoms with Gasteiger partial charge in [-0.3, -0.25) is 9.78 Å². The first-order chi connectivity index (χ1) is 10.7. The molecule has 2 aromatic rings. The lowest BCUT2D eigenvalue weighted by molar-refractivity contribution is -0.130. The number of hydrogen-bond acceptors (Lipinski definition) is 3. The predicted molar refractivity (Wildman–Crippen MR) is 91.2 cm³/mol. The highest BCUT2D eigenvalue weighted by Crippen LogP contribution is 2.17. The Hall–Kier alpha value is -1.72. The van der Waals surface area contributed by atoms with Gasteiger partial charge in [-0.1, -0.05) is 34.1 Å². The number of carbonyl (C=O) groups is 1. The van der Waals surface area contributed by atoms with Gasteiger partial charge in [0, 0.05) is 50.0 Å². The van der Waals surface area contributed by atoms with Gasteiger partial charge in [0.25, 0.3) is 0 Å². The smallest absolute Gasteiger partial charge is 0.223 e. The van der Waals surface area contributed by atoms with E-state index in [9.17, 15) is 4.79 Å². The van der Waals surface area contributed by atoms with Gasteiger partial charge in [-0.15, -0.1) is 0 Å². The normalized spacial score (nSPS) is 10.5. The summed E-state index contributed by atoms with van der Waals surface area (Å²) in [6.07, 6.45) is 4.04. The SMILES string of the molecule is CN(Cc1ccccc1Br)C(=O)CCNCc1ccncc1. The molecule has 0 unspecified atom stereocenters. The van der Waals surface area contributed by atoms with Gasteiger partial charge in [0.05, 0.1) is 0 Å². The van der Waals surface area contributed by atoms with E-state index in [0.29, 0.717) is 19.5 Å². The maximum Gasteiger partial charge on any atom is 0.223 e. The molecule has 1 aromatic heterocycles. The Morgan fingerprint density at radius 3 is 2.68 bits per heavy atom. The summed E-state index contributed by atoms with van der Waals surface area (Å²) in [5.74, 6) is 0.137. The van der Waals surface area contributed by atoms with E-state index in [0.717, 1.165) is 16.6 Å². The van der Waals surface area contributed by atoms with E-state index in [1.54, 1.807) is 17.3 Å². The Labute approximate surface area is 139 Å². The fourth-order valence-electron chi connectivity index (χ4n) is 2.09. The highest BCUT2D eigenvalue weighted by atomic mass is 79.9. The van der Waals surface area contributed by atoms with Crippen LogP contribution < -0.4 is 5.32 Å². The third-order valence-electron chi connectivity index (χ3n) is 3.39. The molecule has 0 saturated carbocycles. The topological polar surface area (TPSA) is 45.2 Å². The van der Waals surface area contributed by atoms with Crippen molar-refractivity contribution >= 4 is 21.8 Å². The Kier molecular flexibility index (Phi) is 6.55. The Morgan fingerprint density at radius 1 is 1.23 bits per heavy atom. The molecule has 2 rings (SSSR count). The molecule has 1 heterocycles. The van der Waals surface area contributed by atoms with E-state index in [4.69, 9.17) is 0 Å². The minimum absolute atomic E-state index is 0.137. The average Bonchev–Trinajstić information content (AvgIpc) is 2.54. The number of pyridine rings is 1. The first-order valence-electron chi connectivity index (χ1n) is 7.24. The summed E-state index contributed by atoms with van der Waals surface area (Å²) in [5, 5.41) is 3.28. The van der Waals surface area contributed by atoms with Crippen molar-refractivity contribution in [3.63, 3.8) is 0 Å². The minimum Gasteiger partial charge on any atom is -0.341 e. The van der Waals surface area contributed by atoms with Gasteiger partial charge in [0.2, 0.25) is 5.91 Å². The second-order valence-electron chi connectivity index (χ2n) is 5.12. The third kappa shape index (κ3) is 5.24. The molecular formula is C17H20BrN3O. The quantitative estimate of drug-likeness (QED) is 0.771. The molecule has 5 heteroatoms. The Bertz CT molecular complexity index is 604. The second-order valence-corrected chi connectivity index (χ2v) is 5.98. The van der Waals surface area contributed by atoms with Crippen molar-refractivity contribution in [1.82, 2.24) is 15.2 Å². The molecule has 1 N–H and O–H groups in total. The average molecular weight is 362 g/mol. The Balaban J connectivity index is 1.71. The van der Waals surface area contributed by atoms with Crippen LogP contribution in [0.15, 0.2) is 53.3 Å². The van der Waals surface area contributed by atoms with Crippen LogP contribution in [0.1, 0.15) is 17.5 Å². The van der Waals surface area contributed by atoms with Crippen molar-refractivity contribution < 1.29 is 4.79 Å². The number of benzene rings is 1. The maximum absolute atomic E-state index is 12.1. The van der Waals surface area contributed by atoms with Crippen LogP contribution in [-0.2, 0) is 17.9 Å². The van der Waals surface area contributed by atoms with Crippen LogP contribution >= 0.6 is 15.9 Å². The van der Waals surface area contributed by atoms with Crippen LogP contribution in [0.5, 0.6) is 0 Å². The van der Waals surface area contributed by atoms with Gasteiger partial charge in [0.1, 0.15) is 0 Å². The maximum atomic E-state index is 12.1. The first-order valence-corrected chi connectivity index (χ1v) is 8.03. The van der Waals surface area contributed by atoms with Crippen molar-refractivity contribution in [1.29, 1.82) is 0 Å². The molecule has 0 spiro atoms. The summed E-state index contributed by atoms with van der Waals surface area (Å²) in [7, 11) is 1.84. The molecule has 22 heavy (non-hydrogen) atoms. The van der Waals surface area contributed by atoms with Crippen LogP contribution in [0.3, 0.4) is 0 Å². The van der Waals surface area contributed by atoms with Crippen molar-refractivity contribution in [3.8, 4) is 0 Å². The zero-order chi connectivity index (χ0) is 15.8. The van der Waals surface area contributed by atoms with Crippen molar-refractivity contribution in [2.75, 3.05) is 13.6 Å². The van der Waals surface area contributed by atoms with E-state index in [-0.39, 0.29) is 5.91 Å². The summed E-state index contributed by atoms with van der Waals surface area (Å²) in [6.45, 7) is 2.04. The minimum atomic E-state index is 0.137. The van der Waals surface area contributed by atoms with Crippen LogP contribution in [0, 0.1) is 0 Å². The van der Waals surface area contributed by atoms with E-state index >= 15 is 0 Å². The number of amides is 1. The molecule has 0 atom stereocenters. The largest absolute Gasteiger partial charge is 0.341 e. The molecular weight excluding hydrogens is 342 g/mol. The molecule has 1 aromatic carbocycles. The predicted octanol–water partition coefficient (Wildman–Crippen LogP) is 2.98. The summed E-state index contributed by atoms with van der Waals surface area (Å²) in [5.41, 5.74) is 2.28. The number of aromatic nitrogens is 1. The number of rotatable bonds is 7. The summed E-state index contributed by atoms with van der Waals surface area (Å²) < 4.78 is 1.03. The first kappa shape index (κ1) is 16.6. The van der Waals surface area contributed by atoms with Gasteiger partial charge in [-0.05, 0) is 29.3 Å². The molecule has 1 amide bonds. The second kappa shape index (κ2) is 8.66. The number of nitrogens with zero attached hydrogens (tertiary/aromatic N) is 2. The van der Waals surface area contributed by atoms with Gasteiger partial charge >= 0.3 is 0 Å². The van der Waals surface area contributed by atoms with Crippen molar-refractivity contribution in [2.45, 2.75) is 19.5 Å². The Morgan fingerprint density at radius 2 is 1.95 bits per heavy atom. The number of halogens is 1. The van der Waals surface area contributed by atoms with Crippen LogP contribution in [0.4, 0.5) is 0 Å². The van der Waals surface area contributed by atoms with Crippen LogP contribution in [0.2, 0.25) is 0 Å². The molecule has 4 nitrogen and oxygen atoms in total. The lowest BCUT2D eigenvalue weighted by Crippen LogP contribution is -2.29. The summed E-state index contributed by atoms with van der Waals surface area (Å²) in [4.78, 5) is 17.9. The summed E-state index contributed by atoms with van der Waals surface area (Å²) >= 11 is 3.51. The van der Waals surface area contributed by atoms with Crippen LogP contribution in [0.25, 0.3) is 0 Å². The van der Waals surface area contributed by atoms with Gasteiger partial charge < -0.3 is 10.2 Å². The number of carbonyl (C=O) groups excluding carboxylic acids is 1. The van der Waals surface area contributed by atoms with E-state index in [1.165, 1.54) is 5.56 Å². The number of hydrogen-bond donors (Lipinski definition) is 1. The lowest BCUT2D eigenvalue weighted by Gasteiger charge is -2.18. The van der Waals surface area contributed by atoms with E-state index in [1.807, 2.05) is 43.4 Å². The van der Waals surface area contributed by atoms with Crippen molar-refractivity contribution in [2.24, 2.45) is 0 Å². The van der Waals surface area contributed by atoms with Gasteiger partial charge in [-0.25, -0.2) is 0 Å².